The number of carbonyl (C=O) groups excluding carboxylic acids is 1. The Kier molecular flexibility index (Phi) is 8.28. The number of nitrogens with zero attached hydrogens (tertiary/aromatic N) is 1. The summed E-state index contributed by atoms with van der Waals surface area (Å²) in [5, 5.41) is 3.06. The van der Waals surface area contributed by atoms with E-state index in [0.29, 0.717) is 30.0 Å². The smallest absolute Gasteiger partial charge is 0.251 e. The molecule has 0 aliphatic carbocycles. The fourth-order valence-corrected chi connectivity index (χ4v) is 3.35. The van der Waals surface area contributed by atoms with E-state index < -0.39 is 0 Å². The Bertz CT molecular complexity index is 829. The molecule has 0 saturated carbocycles. The number of hydrogen-bond donors (Lipinski definition) is 1. The Labute approximate surface area is 174 Å². The molecular weight excluding hydrogens is 364 g/mol. The van der Waals surface area contributed by atoms with Crippen LogP contribution in [0.25, 0.3) is 0 Å². The maximum atomic E-state index is 12.9. The normalized spacial score (nSPS) is 11.8. The van der Waals surface area contributed by atoms with Gasteiger partial charge in [-0.3, -0.25) is 4.79 Å². The molecule has 0 aliphatic heterocycles. The van der Waals surface area contributed by atoms with Crippen LogP contribution in [0.1, 0.15) is 40.0 Å². The Hall–Kier alpha value is -2.79. The first-order valence-electron chi connectivity index (χ1n) is 9.84. The van der Waals surface area contributed by atoms with E-state index in [4.69, 9.17) is 9.47 Å². The Morgan fingerprint density at radius 3 is 2.38 bits per heavy atom. The molecule has 5 heteroatoms. The van der Waals surface area contributed by atoms with Gasteiger partial charge in [-0.2, -0.15) is 0 Å². The van der Waals surface area contributed by atoms with Crippen LogP contribution in [0.4, 0.5) is 0 Å². The van der Waals surface area contributed by atoms with Crippen molar-refractivity contribution in [3.05, 3.63) is 71.3 Å². The van der Waals surface area contributed by atoms with Crippen molar-refractivity contribution in [1.29, 1.82) is 0 Å². The molecule has 5 nitrogen and oxygen atoms in total. The average Bonchev–Trinajstić information content (AvgIpc) is 2.73. The lowest BCUT2D eigenvalue weighted by atomic mass is 10.0. The van der Waals surface area contributed by atoms with Crippen molar-refractivity contribution in [3.63, 3.8) is 0 Å². The highest BCUT2D eigenvalue weighted by Gasteiger charge is 2.19. The van der Waals surface area contributed by atoms with Crippen LogP contribution in [-0.2, 0) is 12.8 Å². The van der Waals surface area contributed by atoms with Crippen molar-refractivity contribution in [1.82, 2.24) is 10.2 Å². The molecule has 0 bridgehead atoms. The lowest BCUT2D eigenvalue weighted by Gasteiger charge is -2.25. The van der Waals surface area contributed by atoms with Gasteiger partial charge in [0.25, 0.3) is 5.91 Å². The zero-order valence-electron chi connectivity index (χ0n) is 18.1. The summed E-state index contributed by atoms with van der Waals surface area (Å²) in [4.78, 5) is 15.0. The van der Waals surface area contributed by atoms with E-state index in [1.165, 1.54) is 11.1 Å². The molecular formula is C24H32N2O3. The molecule has 0 aliphatic rings. The number of likely N-dealkylation sites (N-methyl/N-ethyl adjacent to an activating group) is 1. The maximum Gasteiger partial charge on any atom is 0.251 e. The van der Waals surface area contributed by atoms with Crippen molar-refractivity contribution >= 4 is 5.91 Å². The highest BCUT2D eigenvalue weighted by Crippen LogP contribution is 2.33. The van der Waals surface area contributed by atoms with Gasteiger partial charge in [0.05, 0.1) is 20.3 Å². The molecule has 0 aromatic heterocycles. The number of aryl methyl sites for hydroxylation is 1. The van der Waals surface area contributed by atoms with Gasteiger partial charge in [0.2, 0.25) is 0 Å². The summed E-state index contributed by atoms with van der Waals surface area (Å²) in [5.41, 5.74) is 3.88. The van der Waals surface area contributed by atoms with E-state index >= 15 is 0 Å². The second kappa shape index (κ2) is 10.7. The van der Waals surface area contributed by atoms with Gasteiger partial charge in [-0.15, -0.1) is 6.58 Å². The van der Waals surface area contributed by atoms with Crippen LogP contribution in [-0.4, -0.2) is 45.7 Å². The minimum atomic E-state index is -0.145. The number of ether oxygens (including phenoxy) is 2. The maximum absolute atomic E-state index is 12.9. The predicted octanol–water partition coefficient (Wildman–Crippen LogP) is 4.03. The van der Waals surface area contributed by atoms with Crippen molar-refractivity contribution < 1.29 is 14.3 Å². The van der Waals surface area contributed by atoms with E-state index in [1.807, 2.05) is 20.2 Å². The van der Waals surface area contributed by atoms with Crippen LogP contribution < -0.4 is 14.8 Å². The number of methoxy groups -OCH3 is 2. The summed E-state index contributed by atoms with van der Waals surface area (Å²) in [6.07, 6.45) is 3.38. The van der Waals surface area contributed by atoms with Crippen LogP contribution in [0.15, 0.2) is 49.1 Å². The van der Waals surface area contributed by atoms with E-state index in [2.05, 4.69) is 48.0 Å². The molecule has 156 valence electrons. The number of nitrogens with one attached hydrogen (secondary N) is 1. The molecule has 1 atom stereocenters. The van der Waals surface area contributed by atoms with E-state index in [9.17, 15) is 4.79 Å². The van der Waals surface area contributed by atoms with Gasteiger partial charge in [-0.05, 0) is 50.2 Å². The van der Waals surface area contributed by atoms with Crippen molar-refractivity contribution in [3.8, 4) is 11.5 Å². The lowest BCUT2D eigenvalue weighted by molar-refractivity contribution is 0.0941. The van der Waals surface area contributed by atoms with Crippen LogP contribution in [0.2, 0.25) is 0 Å². The van der Waals surface area contributed by atoms with Crippen molar-refractivity contribution in [2.75, 3.05) is 34.9 Å². The number of hydrogen-bond acceptors (Lipinski definition) is 4. The minimum Gasteiger partial charge on any atom is -0.493 e. The van der Waals surface area contributed by atoms with Crippen LogP contribution in [0.5, 0.6) is 11.5 Å². The molecule has 0 heterocycles. The molecule has 1 unspecified atom stereocenters. The van der Waals surface area contributed by atoms with Gasteiger partial charge in [0.1, 0.15) is 0 Å². The van der Waals surface area contributed by atoms with Crippen LogP contribution in [0, 0.1) is 0 Å². The van der Waals surface area contributed by atoms with Gasteiger partial charge < -0.3 is 19.7 Å². The summed E-state index contributed by atoms with van der Waals surface area (Å²) in [7, 11) is 7.20. The lowest BCUT2D eigenvalue weighted by Crippen LogP contribution is -2.34. The third kappa shape index (κ3) is 5.61. The molecule has 1 N–H and O–H groups in total. The van der Waals surface area contributed by atoms with Crippen LogP contribution in [0.3, 0.4) is 0 Å². The van der Waals surface area contributed by atoms with Gasteiger partial charge >= 0.3 is 0 Å². The van der Waals surface area contributed by atoms with Gasteiger partial charge in [0.15, 0.2) is 11.5 Å². The van der Waals surface area contributed by atoms with Gasteiger partial charge in [-0.25, -0.2) is 0 Å². The van der Waals surface area contributed by atoms with E-state index in [0.717, 1.165) is 12.0 Å². The number of carbonyl (C=O) groups is 1. The third-order valence-electron chi connectivity index (χ3n) is 5.03. The van der Waals surface area contributed by atoms with Crippen LogP contribution >= 0.6 is 0 Å². The largest absolute Gasteiger partial charge is 0.493 e. The summed E-state index contributed by atoms with van der Waals surface area (Å²) < 4.78 is 10.9. The third-order valence-corrected chi connectivity index (χ3v) is 5.03. The number of benzene rings is 2. The highest BCUT2D eigenvalue weighted by molar-refractivity contribution is 5.95. The Morgan fingerprint density at radius 1 is 1.17 bits per heavy atom. The predicted molar refractivity (Wildman–Crippen MR) is 118 cm³/mol. The average molecular weight is 397 g/mol. The Morgan fingerprint density at radius 2 is 1.86 bits per heavy atom. The number of rotatable bonds is 10. The molecule has 29 heavy (non-hydrogen) atoms. The zero-order valence-corrected chi connectivity index (χ0v) is 18.1. The van der Waals surface area contributed by atoms with Gasteiger partial charge in [0, 0.05) is 17.7 Å². The molecule has 0 radical (unpaired) electrons. The summed E-state index contributed by atoms with van der Waals surface area (Å²) in [5.74, 6) is 1.02. The highest BCUT2D eigenvalue weighted by atomic mass is 16.5. The SMILES string of the molecule is C=CCc1cc(C(=O)NCC(c2ccc(CC)cc2)N(C)C)cc(OC)c1OC. The molecule has 2 aromatic carbocycles. The first-order valence-corrected chi connectivity index (χ1v) is 9.84. The second-order valence-electron chi connectivity index (χ2n) is 7.15. The fourth-order valence-electron chi connectivity index (χ4n) is 3.35. The molecule has 2 aromatic rings. The Balaban J connectivity index is 2.21. The van der Waals surface area contributed by atoms with E-state index in [-0.39, 0.29) is 11.9 Å². The summed E-state index contributed by atoms with van der Waals surface area (Å²) in [6.45, 7) is 6.43. The minimum absolute atomic E-state index is 0.0812. The molecule has 0 saturated heterocycles. The first-order chi connectivity index (χ1) is 13.9. The van der Waals surface area contributed by atoms with Crippen molar-refractivity contribution in [2.24, 2.45) is 0 Å². The summed E-state index contributed by atoms with van der Waals surface area (Å²) >= 11 is 0. The zero-order chi connectivity index (χ0) is 21.4. The van der Waals surface area contributed by atoms with E-state index in [1.54, 1.807) is 26.4 Å². The molecule has 1 amide bonds. The standard InChI is InChI=1S/C24H32N2O3/c1-7-9-19-14-20(15-22(28-5)23(19)29-6)24(27)25-16-21(26(3)4)18-12-10-17(8-2)11-13-18/h7,10-15,21H,1,8-9,16H2,2-6H3,(H,25,27). The number of amides is 1. The van der Waals surface area contributed by atoms with Crippen molar-refractivity contribution in [2.45, 2.75) is 25.8 Å². The fraction of sp³-hybridized carbons (Fsp3) is 0.375. The quantitative estimate of drug-likeness (QED) is 0.616. The monoisotopic (exact) mass is 396 g/mol. The molecule has 0 spiro atoms. The molecule has 0 fully saturated rings. The first kappa shape index (κ1) is 22.5. The second-order valence-corrected chi connectivity index (χ2v) is 7.15. The number of allylic oxidation sites excluding steroid dienone is 1. The van der Waals surface area contributed by atoms with Gasteiger partial charge in [-0.1, -0.05) is 37.3 Å². The molecule has 2 rings (SSSR count). The summed E-state index contributed by atoms with van der Waals surface area (Å²) in [6, 6.07) is 12.2. The topological polar surface area (TPSA) is 50.8 Å².